The molecule has 0 fully saturated rings. The number of hydrogen-bond donors (Lipinski definition) is 2. The van der Waals surface area contributed by atoms with Crippen LogP contribution in [0.1, 0.15) is 11.1 Å². The summed E-state index contributed by atoms with van der Waals surface area (Å²) in [5.74, 6) is -2.47. The lowest BCUT2D eigenvalue weighted by Crippen LogP contribution is -1.96. The molecule has 98 valence electrons. The predicted octanol–water partition coefficient (Wildman–Crippen LogP) is 1.79. The molecule has 0 atom stereocenters. The van der Waals surface area contributed by atoms with E-state index in [2.05, 4.69) is 0 Å². The number of benzene rings is 1. The molecule has 0 aliphatic rings. The number of rotatable bonds is 5. The molecule has 0 aromatic heterocycles. The quantitative estimate of drug-likeness (QED) is 0.475. The summed E-state index contributed by atoms with van der Waals surface area (Å²) >= 11 is 0. The van der Waals surface area contributed by atoms with E-state index in [9.17, 15) is 19.7 Å². The molecule has 0 amide bonds. The Morgan fingerprint density at radius 3 is 1.79 bits per heavy atom. The summed E-state index contributed by atoms with van der Waals surface area (Å²) in [4.78, 5) is 31.1. The van der Waals surface area contributed by atoms with Gasteiger partial charge in [-0.3, -0.25) is 10.1 Å². The molecule has 1 aromatic carbocycles. The molecule has 0 bridgehead atoms. The van der Waals surface area contributed by atoms with Gasteiger partial charge in [0.2, 0.25) is 0 Å². The number of carboxylic acids is 2. The Kier molecular flexibility index (Phi) is 4.53. The summed E-state index contributed by atoms with van der Waals surface area (Å²) in [7, 11) is 0. The Morgan fingerprint density at radius 1 is 1.05 bits per heavy atom. The van der Waals surface area contributed by atoms with Gasteiger partial charge in [-0.2, -0.15) is 0 Å². The first-order valence-corrected chi connectivity index (χ1v) is 5.01. The fraction of sp³-hybridized carbons (Fsp3) is 0. The molecule has 0 saturated heterocycles. The van der Waals surface area contributed by atoms with Gasteiger partial charge in [0.1, 0.15) is 0 Å². The van der Waals surface area contributed by atoms with E-state index in [0.717, 1.165) is 24.3 Å². The van der Waals surface area contributed by atoms with E-state index in [1.807, 2.05) is 0 Å². The normalized spacial score (nSPS) is 10.9. The zero-order valence-corrected chi connectivity index (χ0v) is 9.52. The van der Waals surface area contributed by atoms with Gasteiger partial charge in [-0.25, -0.2) is 9.59 Å². The van der Waals surface area contributed by atoms with Crippen molar-refractivity contribution in [2.45, 2.75) is 0 Å². The van der Waals surface area contributed by atoms with Crippen LogP contribution in [0.15, 0.2) is 30.4 Å². The van der Waals surface area contributed by atoms with Crippen LogP contribution in [0, 0.1) is 10.1 Å². The fourth-order valence-corrected chi connectivity index (χ4v) is 1.38. The molecular formula is C12H9NO6. The maximum Gasteiger partial charge on any atom is 0.328 e. The number of nitro benzene ring substituents is 1. The standard InChI is InChI=1S/C12H9NO6/c14-10(15)6-4-8-2-1-3-9(5-7-11(16)17)12(8)13(18)19/h1-7H,(H,14,15)(H,16,17)/b6-4+,7-5+. The molecule has 0 aliphatic carbocycles. The van der Waals surface area contributed by atoms with Crippen LogP contribution in [0.2, 0.25) is 0 Å². The van der Waals surface area contributed by atoms with Crippen LogP contribution in [-0.4, -0.2) is 27.1 Å². The minimum atomic E-state index is -1.24. The SMILES string of the molecule is O=C(O)/C=C/c1cccc(/C=C/C(=O)O)c1[N+](=O)[O-]. The zero-order chi connectivity index (χ0) is 14.4. The largest absolute Gasteiger partial charge is 0.478 e. The summed E-state index contributed by atoms with van der Waals surface area (Å²) in [6, 6.07) is 4.21. The Morgan fingerprint density at radius 2 is 1.47 bits per heavy atom. The van der Waals surface area contributed by atoms with E-state index in [0.29, 0.717) is 0 Å². The molecule has 0 spiro atoms. The number of carboxylic acid groups (broad SMARTS) is 2. The van der Waals surface area contributed by atoms with Crippen molar-refractivity contribution in [3.05, 3.63) is 51.6 Å². The van der Waals surface area contributed by atoms with E-state index in [4.69, 9.17) is 10.2 Å². The van der Waals surface area contributed by atoms with Gasteiger partial charge in [0.05, 0.1) is 16.1 Å². The molecule has 0 saturated carbocycles. The van der Waals surface area contributed by atoms with E-state index in [1.165, 1.54) is 18.2 Å². The Hall–Kier alpha value is -2.96. The summed E-state index contributed by atoms with van der Waals surface area (Å²) in [5, 5.41) is 28.0. The fourth-order valence-electron chi connectivity index (χ4n) is 1.38. The molecule has 1 rings (SSSR count). The van der Waals surface area contributed by atoms with Gasteiger partial charge in [-0.15, -0.1) is 0 Å². The van der Waals surface area contributed by atoms with Gasteiger partial charge in [-0.05, 0) is 24.3 Å². The number of nitrogens with zero attached hydrogens (tertiary/aromatic N) is 1. The van der Waals surface area contributed by atoms with Crippen molar-refractivity contribution < 1.29 is 24.7 Å². The molecule has 7 heteroatoms. The Bertz CT molecular complexity index is 546. The van der Waals surface area contributed by atoms with Crippen molar-refractivity contribution in [2.75, 3.05) is 0 Å². The first-order chi connectivity index (χ1) is 8.91. The van der Waals surface area contributed by atoms with E-state index < -0.39 is 16.9 Å². The summed E-state index contributed by atoms with van der Waals surface area (Å²) in [5.41, 5.74) is -0.183. The van der Waals surface area contributed by atoms with Crippen LogP contribution in [0.3, 0.4) is 0 Å². The first kappa shape index (κ1) is 14.1. The smallest absolute Gasteiger partial charge is 0.328 e. The average molecular weight is 263 g/mol. The molecule has 0 heterocycles. The lowest BCUT2D eigenvalue weighted by molar-refractivity contribution is -0.385. The highest BCUT2D eigenvalue weighted by Gasteiger charge is 2.16. The van der Waals surface area contributed by atoms with Crippen molar-refractivity contribution in [1.82, 2.24) is 0 Å². The summed E-state index contributed by atoms with van der Waals surface area (Å²) in [6.07, 6.45) is 3.71. The highest BCUT2D eigenvalue weighted by atomic mass is 16.6. The van der Waals surface area contributed by atoms with Gasteiger partial charge < -0.3 is 10.2 Å². The van der Waals surface area contributed by atoms with Crippen molar-refractivity contribution in [1.29, 1.82) is 0 Å². The van der Waals surface area contributed by atoms with Gasteiger partial charge in [0, 0.05) is 12.2 Å². The van der Waals surface area contributed by atoms with Crippen molar-refractivity contribution in [3.8, 4) is 0 Å². The van der Waals surface area contributed by atoms with Crippen molar-refractivity contribution in [3.63, 3.8) is 0 Å². The number of aliphatic carboxylic acids is 2. The Labute approximate surface area is 107 Å². The average Bonchev–Trinajstić information content (AvgIpc) is 2.33. The topological polar surface area (TPSA) is 118 Å². The number of carbonyl (C=O) groups is 2. The van der Waals surface area contributed by atoms with Crippen molar-refractivity contribution in [2.24, 2.45) is 0 Å². The third-order valence-corrected chi connectivity index (χ3v) is 2.09. The first-order valence-electron chi connectivity index (χ1n) is 5.01. The molecule has 0 unspecified atom stereocenters. The second kappa shape index (κ2) is 6.10. The minimum absolute atomic E-state index is 0.0833. The molecule has 2 N–H and O–H groups in total. The third kappa shape index (κ3) is 4.08. The van der Waals surface area contributed by atoms with Gasteiger partial charge in [-0.1, -0.05) is 6.07 Å². The zero-order valence-electron chi connectivity index (χ0n) is 9.52. The molecule has 0 radical (unpaired) electrons. The lowest BCUT2D eigenvalue weighted by atomic mass is 10.1. The monoisotopic (exact) mass is 263 g/mol. The molecule has 7 nitrogen and oxygen atoms in total. The van der Waals surface area contributed by atoms with E-state index in [1.54, 1.807) is 0 Å². The van der Waals surface area contributed by atoms with Crippen LogP contribution < -0.4 is 0 Å². The lowest BCUT2D eigenvalue weighted by Gasteiger charge is -2.01. The van der Waals surface area contributed by atoms with Crippen molar-refractivity contribution >= 4 is 29.8 Å². The summed E-state index contributed by atoms with van der Waals surface area (Å²) in [6.45, 7) is 0. The number of hydrogen-bond acceptors (Lipinski definition) is 4. The number of nitro groups is 1. The molecule has 0 aliphatic heterocycles. The predicted molar refractivity (Wildman–Crippen MR) is 66.4 cm³/mol. The van der Waals surface area contributed by atoms with Crippen LogP contribution in [0.5, 0.6) is 0 Å². The molecule has 19 heavy (non-hydrogen) atoms. The second-order valence-electron chi connectivity index (χ2n) is 3.39. The minimum Gasteiger partial charge on any atom is -0.478 e. The maximum atomic E-state index is 11.0. The molecular weight excluding hydrogens is 254 g/mol. The number of para-hydroxylation sites is 1. The maximum absolute atomic E-state index is 11.0. The van der Waals surface area contributed by atoms with E-state index in [-0.39, 0.29) is 16.8 Å². The Balaban J connectivity index is 3.33. The third-order valence-electron chi connectivity index (χ3n) is 2.09. The van der Waals surface area contributed by atoms with Gasteiger partial charge in [0.25, 0.3) is 5.69 Å². The van der Waals surface area contributed by atoms with Crippen LogP contribution >= 0.6 is 0 Å². The second-order valence-corrected chi connectivity index (χ2v) is 3.39. The van der Waals surface area contributed by atoms with Crippen LogP contribution in [-0.2, 0) is 9.59 Å². The highest BCUT2D eigenvalue weighted by Crippen LogP contribution is 2.26. The summed E-state index contributed by atoms with van der Waals surface area (Å²) < 4.78 is 0. The van der Waals surface area contributed by atoms with Gasteiger partial charge >= 0.3 is 11.9 Å². The highest BCUT2D eigenvalue weighted by molar-refractivity contribution is 5.89. The van der Waals surface area contributed by atoms with Crippen LogP contribution in [0.4, 0.5) is 5.69 Å². The molecule has 1 aromatic rings. The van der Waals surface area contributed by atoms with Gasteiger partial charge in [0.15, 0.2) is 0 Å². The van der Waals surface area contributed by atoms with Crippen LogP contribution in [0.25, 0.3) is 12.2 Å². The van der Waals surface area contributed by atoms with E-state index >= 15 is 0 Å².